The van der Waals surface area contributed by atoms with Gasteiger partial charge in [0.25, 0.3) is 5.91 Å². The van der Waals surface area contributed by atoms with Crippen molar-refractivity contribution < 1.29 is 9.59 Å². The van der Waals surface area contributed by atoms with Crippen LogP contribution in [0.3, 0.4) is 0 Å². The molecule has 0 saturated heterocycles. The van der Waals surface area contributed by atoms with Crippen molar-refractivity contribution in [3.05, 3.63) is 65.2 Å². The van der Waals surface area contributed by atoms with Crippen molar-refractivity contribution in [2.45, 2.75) is 26.3 Å². The van der Waals surface area contributed by atoms with Gasteiger partial charge < -0.3 is 10.2 Å². The molecule has 0 heterocycles. The molecule has 1 saturated carbocycles. The Morgan fingerprint density at radius 2 is 1.88 bits per heavy atom. The Morgan fingerprint density at radius 3 is 2.58 bits per heavy atom. The molecule has 3 rings (SSSR count). The monoisotopic (exact) mass is 322 g/mol. The predicted molar refractivity (Wildman–Crippen MR) is 94.8 cm³/mol. The molecule has 2 amide bonds. The molecule has 0 spiro atoms. The fraction of sp³-hybridized carbons (Fsp3) is 0.300. The van der Waals surface area contributed by atoms with Crippen molar-refractivity contribution in [1.82, 2.24) is 4.90 Å². The molecule has 2 aromatic carbocycles. The highest BCUT2D eigenvalue weighted by molar-refractivity contribution is 5.98. The lowest BCUT2D eigenvalue weighted by Gasteiger charge is -2.19. The second-order valence-corrected chi connectivity index (χ2v) is 6.43. The van der Waals surface area contributed by atoms with Crippen molar-refractivity contribution in [2.75, 3.05) is 12.4 Å². The number of benzene rings is 2. The van der Waals surface area contributed by atoms with E-state index in [1.165, 1.54) is 5.56 Å². The number of carbonyl (C=O) groups is 2. The largest absolute Gasteiger partial charge is 0.337 e. The number of hydrogen-bond donors (Lipinski definition) is 1. The zero-order chi connectivity index (χ0) is 17.1. The normalized spacial score (nSPS) is 13.4. The van der Waals surface area contributed by atoms with Crippen molar-refractivity contribution in [3.8, 4) is 0 Å². The van der Waals surface area contributed by atoms with Gasteiger partial charge in [-0.15, -0.1) is 0 Å². The number of aryl methyl sites for hydroxylation is 1. The molecule has 4 heteroatoms. The number of nitrogens with one attached hydrogen (secondary N) is 1. The zero-order valence-electron chi connectivity index (χ0n) is 14.1. The number of hydrogen-bond acceptors (Lipinski definition) is 2. The summed E-state index contributed by atoms with van der Waals surface area (Å²) >= 11 is 0. The molecule has 1 aliphatic carbocycles. The fourth-order valence-electron chi connectivity index (χ4n) is 2.66. The highest BCUT2D eigenvalue weighted by atomic mass is 16.2. The van der Waals surface area contributed by atoms with Crippen molar-refractivity contribution in [2.24, 2.45) is 5.92 Å². The van der Waals surface area contributed by atoms with Crippen LogP contribution in [0.1, 0.15) is 34.3 Å². The average Bonchev–Trinajstić information content (AvgIpc) is 3.41. The number of carbonyl (C=O) groups excluding carboxylic acids is 2. The number of amides is 2. The Kier molecular flexibility index (Phi) is 4.65. The molecule has 0 radical (unpaired) electrons. The van der Waals surface area contributed by atoms with E-state index in [9.17, 15) is 9.59 Å². The summed E-state index contributed by atoms with van der Waals surface area (Å²) < 4.78 is 0. The van der Waals surface area contributed by atoms with E-state index in [4.69, 9.17) is 0 Å². The van der Waals surface area contributed by atoms with Gasteiger partial charge in [-0.05, 0) is 49.1 Å². The molecule has 2 aromatic rings. The second kappa shape index (κ2) is 6.87. The third-order valence-electron chi connectivity index (χ3n) is 4.34. The molecule has 124 valence electrons. The van der Waals surface area contributed by atoms with E-state index >= 15 is 0 Å². The molecular weight excluding hydrogens is 300 g/mol. The average molecular weight is 322 g/mol. The molecule has 0 aromatic heterocycles. The Balaban J connectivity index is 1.69. The van der Waals surface area contributed by atoms with Crippen LogP contribution in [0.25, 0.3) is 0 Å². The summed E-state index contributed by atoms with van der Waals surface area (Å²) in [5.41, 5.74) is 3.57. The first-order valence-corrected chi connectivity index (χ1v) is 8.25. The Morgan fingerprint density at radius 1 is 1.12 bits per heavy atom. The smallest absolute Gasteiger partial charge is 0.253 e. The van der Waals surface area contributed by atoms with Gasteiger partial charge in [0, 0.05) is 30.8 Å². The van der Waals surface area contributed by atoms with E-state index in [1.54, 1.807) is 30.1 Å². The van der Waals surface area contributed by atoms with E-state index in [0.29, 0.717) is 17.8 Å². The van der Waals surface area contributed by atoms with E-state index in [-0.39, 0.29) is 17.7 Å². The molecule has 0 aliphatic heterocycles. The van der Waals surface area contributed by atoms with Gasteiger partial charge in [0.05, 0.1) is 0 Å². The third-order valence-corrected chi connectivity index (χ3v) is 4.34. The lowest BCUT2D eigenvalue weighted by molar-refractivity contribution is -0.117. The van der Waals surface area contributed by atoms with Gasteiger partial charge in [-0.3, -0.25) is 9.59 Å². The summed E-state index contributed by atoms with van der Waals surface area (Å²) in [5, 5.41) is 2.89. The molecule has 0 atom stereocenters. The van der Waals surface area contributed by atoms with Crippen LogP contribution >= 0.6 is 0 Å². The molecule has 1 N–H and O–H groups in total. The van der Waals surface area contributed by atoms with Gasteiger partial charge in [-0.25, -0.2) is 0 Å². The minimum Gasteiger partial charge on any atom is -0.337 e. The topological polar surface area (TPSA) is 49.4 Å². The highest BCUT2D eigenvalue weighted by Crippen LogP contribution is 2.30. The maximum Gasteiger partial charge on any atom is 0.253 e. The van der Waals surface area contributed by atoms with Crippen LogP contribution < -0.4 is 5.32 Å². The van der Waals surface area contributed by atoms with Crippen LogP contribution in [-0.2, 0) is 11.3 Å². The Hall–Kier alpha value is -2.62. The predicted octanol–water partition coefficient (Wildman–Crippen LogP) is 3.62. The highest BCUT2D eigenvalue weighted by Gasteiger charge is 2.29. The summed E-state index contributed by atoms with van der Waals surface area (Å²) in [7, 11) is 1.80. The molecule has 0 bridgehead atoms. The van der Waals surface area contributed by atoms with E-state index in [2.05, 4.69) is 5.32 Å². The first kappa shape index (κ1) is 16.2. The summed E-state index contributed by atoms with van der Waals surface area (Å²) in [5.74, 6) is 0.140. The minimum absolute atomic E-state index is 0.0489. The summed E-state index contributed by atoms with van der Waals surface area (Å²) in [6.45, 7) is 2.60. The lowest BCUT2D eigenvalue weighted by Crippen LogP contribution is -2.26. The van der Waals surface area contributed by atoms with Crippen molar-refractivity contribution >= 4 is 17.5 Å². The van der Waals surface area contributed by atoms with Gasteiger partial charge in [-0.1, -0.05) is 30.3 Å². The van der Waals surface area contributed by atoms with E-state index in [0.717, 1.165) is 18.4 Å². The quantitative estimate of drug-likeness (QED) is 0.914. The molecule has 1 aliphatic rings. The Labute approximate surface area is 142 Å². The van der Waals surface area contributed by atoms with Crippen molar-refractivity contribution in [1.29, 1.82) is 0 Å². The maximum absolute atomic E-state index is 12.7. The standard InChI is InChI=1S/C20H22N2O2/c1-14-6-3-4-7-17(14)13-22(2)20(24)16-8-5-9-18(12-16)21-19(23)15-10-11-15/h3-9,12,15H,10-11,13H2,1-2H3,(H,21,23). The second-order valence-electron chi connectivity index (χ2n) is 6.43. The van der Waals surface area contributed by atoms with Crippen LogP contribution in [0.15, 0.2) is 48.5 Å². The van der Waals surface area contributed by atoms with Crippen molar-refractivity contribution in [3.63, 3.8) is 0 Å². The van der Waals surface area contributed by atoms with Gasteiger partial charge in [0.1, 0.15) is 0 Å². The molecule has 4 nitrogen and oxygen atoms in total. The fourth-order valence-corrected chi connectivity index (χ4v) is 2.66. The molecular formula is C20H22N2O2. The number of rotatable bonds is 5. The van der Waals surface area contributed by atoms with Crippen LogP contribution in [-0.4, -0.2) is 23.8 Å². The van der Waals surface area contributed by atoms with Crippen LogP contribution in [0.2, 0.25) is 0 Å². The van der Waals surface area contributed by atoms with Crippen LogP contribution in [0.5, 0.6) is 0 Å². The van der Waals surface area contributed by atoms with Gasteiger partial charge in [-0.2, -0.15) is 0 Å². The van der Waals surface area contributed by atoms with E-state index < -0.39 is 0 Å². The summed E-state index contributed by atoms with van der Waals surface area (Å²) in [6, 6.07) is 15.2. The van der Waals surface area contributed by atoms with Gasteiger partial charge in [0.2, 0.25) is 5.91 Å². The summed E-state index contributed by atoms with van der Waals surface area (Å²) in [4.78, 5) is 26.2. The number of anilines is 1. The van der Waals surface area contributed by atoms with Crippen LogP contribution in [0.4, 0.5) is 5.69 Å². The first-order chi connectivity index (χ1) is 11.5. The van der Waals surface area contributed by atoms with E-state index in [1.807, 2.05) is 37.3 Å². The zero-order valence-corrected chi connectivity index (χ0v) is 14.1. The van der Waals surface area contributed by atoms with Crippen LogP contribution in [0, 0.1) is 12.8 Å². The first-order valence-electron chi connectivity index (χ1n) is 8.25. The minimum atomic E-state index is -0.0548. The third kappa shape index (κ3) is 3.82. The Bertz CT molecular complexity index is 766. The van der Waals surface area contributed by atoms with Gasteiger partial charge >= 0.3 is 0 Å². The molecule has 24 heavy (non-hydrogen) atoms. The van der Waals surface area contributed by atoms with Gasteiger partial charge in [0.15, 0.2) is 0 Å². The number of nitrogens with zero attached hydrogens (tertiary/aromatic N) is 1. The maximum atomic E-state index is 12.7. The lowest BCUT2D eigenvalue weighted by atomic mass is 10.1. The molecule has 1 fully saturated rings. The SMILES string of the molecule is Cc1ccccc1CN(C)C(=O)c1cccc(NC(=O)C2CC2)c1. The molecule has 0 unspecified atom stereocenters. The summed E-state index contributed by atoms with van der Waals surface area (Å²) in [6.07, 6.45) is 1.92.